The smallest absolute Gasteiger partial charge is 0.273 e. The minimum absolute atomic E-state index is 0.0545. The third kappa shape index (κ3) is 3.69. The Hall–Kier alpha value is -1.15. The summed E-state index contributed by atoms with van der Waals surface area (Å²) in [6.07, 6.45) is 1.05. The molecule has 0 atom stereocenters. The second kappa shape index (κ2) is 6.53. The van der Waals surface area contributed by atoms with Crippen LogP contribution in [0, 0.1) is 0 Å². The molecule has 0 radical (unpaired) electrons. The average Bonchev–Trinajstić information content (AvgIpc) is 3.08. The third-order valence-corrected chi connectivity index (χ3v) is 5.35. The molecule has 0 aromatic carbocycles. The molecule has 0 aliphatic heterocycles. The number of rotatable bonds is 7. The molecule has 110 valence electrons. The standard InChI is InChI=1S/C13H18N2O3S2/c1-3-11-5-6-12(19-11)9-15-8-10-4-7-13(18-10)20(16,17)14-2/h4-7,14-15H,3,8-9H2,1-2H3. The minimum atomic E-state index is -3.50. The molecule has 2 aromatic rings. The van der Waals surface area contributed by atoms with Gasteiger partial charge in [0.25, 0.3) is 10.0 Å². The second-order valence-corrected chi connectivity index (χ2v) is 7.32. The highest BCUT2D eigenvalue weighted by atomic mass is 32.2. The van der Waals surface area contributed by atoms with Crippen LogP contribution in [-0.4, -0.2) is 15.5 Å². The van der Waals surface area contributed by atoms with Gasteiger partial charge in [0.15, 0.2) is 0 Å². The maximum atomic E-state index is 11.5. The molecule has 0 saturated heterocycles. The Kier molecular flexibility index (Phi) is 4.98. The molecule has 0 saturated carbocycles. The van der Waals surface area contributed by atoms with Crippen LogP contribution in [-0.2, 0) is 29.5 Å². The van der Waals surface area contributed by atoms with Crippen molar-refractivity contribution < 1.29 is 12.8 Å². The summed E-state index contributed by atoms with van der Waals surface area (Å²) in [5.74, 6) is 0.603. The Morgan fingerprint density at radius 1 is 1.15 bits per heavy atom. The summed E-state index contributed by atoms with van der Waals surface area (Å²) in [6, 6.07) is 7.37. The normalized spacial score (nSPS) is 11.9. The first-order valence-electron chi connectivity index (χ1n) is 6.35. The molecular formula is C13H18N2O3S2. The van der Waals surface area contributed by atoms with Crippen LogP contribution in [0.2, 0.25) is 0 Å². The lowest BCUT2D eigenvalue weighted by Crippen LogP contribution is -2.17. The highest BCUT2D eigenvalue weighted by Gasteiger charge is 2.15. The van der Waals surface area contributed by atoms with Gasteiger partial charge in [0, 0.05) is 16.3 Å². The summed E-state index contributed by atoms with van der Waals surface area (Å²) in [5.41, 5.74) is 0. The van der Waals surface area contributed by atoms with Crippen molar-refractivity contribution in [3.05, 3.63) is 39.8 Å². The van der Waals surface area contributed by atoms with Crippen LogP contribution < -0.4 is 10.0 Å². The number of hydrogen-bond donors (Lipinski definition) is 2. The molecule has 0 aliphatic carbocycles. The Bertz CT molecular complexity index is 659. The van der Waals surface area contributed by atoms with E-state index in [0.717, 1.165) is 13.0 Å². The lowest BCUT2D eigenvalue weighted by molar-refractivity contribution is 0.400. The summed E-state index contributed by atoms with van der Waals surface area (Å²) in [5, 5.41) is 3.19. The van der Waals surface area contributed by atoms with Gasteiger partial charge in [-0.3, -0.25) is 0 Å². The van der Waals surface area contributed by atoms with Crippen LogP contribution in [0.3, 0.4) is 0 Å². The predicted octanol–water partition coefficient (Wildman–Crippen LogP) is 2.10. The molecule has 2 heterocycles. The lowest BCUT2D eigenvalue weighted by Gasteiger charge is -2.00. The van der Waals surface area contributed by atoms with Gasteiger partial charge < -0.3 is 9.73 Å². The van der Waals surface area contributed by atoms with Crippen molar-refractivity contribution in [3.8, 4) is 0 Å². The van der Waals surface area contributed by atoms with Gasteiger partial charge >= 0.3 is 0 Å². The highest BCUT2D eigenvalue weighted by Crippen LogP contribution is 2.17. The fraction of sp³-hybridized carbons (Fsp3) is 0.385. The quantitative estimate of drug-likeness (QED) is 0.821. The van der Waals surface area contributed by atoms with Crippen molar-refractivity contribution in [2.24, 2.45) is 0 Å². The zero-order valence-electron chi connectivity index (χ0n) is 11.5. The van der Waals surface area contributed by atoms with E-state index in [9.17, 15) is 8.42 Å². The van der Waals surface area contributed by atoms with E-state index in [1.807, 2.05) is 0 Å². The van der Waals surface area contributed by atoms with Gasteiger partial charge in [0.2, 0.25) is 5.09 Å². The average molecular weight is 314 g/mol. The molecule has 0 spiro atoms. The van der Waals surface area contributed by atoms with Gasteiger partial charge in [0.05, 0.1) is 6.54 Å². The fourth-order valence-corrected chi connectivity index (χ4v) is 3.31. The van der Waals surface area contributed by atoms with E-state index in [0.29, 0.717) is 12.3 Å². The zero-order valence-corrected chi connectivity index (χ0v) is 13.1. The van der Waals surface area contributed by atoms with Crippen LogP contribution in [0.15, 0.2) is 33.8 Å². The van der Waals surface area contributed by atoms with Gasteiger partial charge in [-0.05, 0) is 37.7 Å². The molecule has 0 unspecified atom stereocenters. The van der Waals surface area contributed by atoms with Crippen molar-refractivity contribution in [2.45, 2.75) is 31.5 Å². The number of aryl methyl sites for hydroxylation is 1. The molecular weight excluding hydrogens is 296 g/mol. The molecule has 0 amide bonds. The molecule has 5 nitrogen and oxygen atoms in total. The van der Waals surface area contributed by atoms with Crippen LogP contribution in [0.25, 0.3) is 0 Å². The SMILES string of the molecule is CCc1ccc(CNCc2ccc(S(=O)(=O)NC)o2)s1. The minimum Gasteiger partial charge on any atom is -0.447 e. The van der Waals surface area contributed by atoms with E-state index < -0.39 is 10.0 Å². The predicted molar refractivity (Wildman–Crippen MR) is 79.2 cm³/mol. The number of hydrogen-bond acceptors (Lipinski definition) is 5. The van der Waals surface area contributed by atoms with E-state index in [2.05, 4.69) is 29.1 Å². The first-order chi connectivity index (χ1) is 9.55. The number of nitrogens with one attached hydrogen (secondary N) is 2. The molecule has 2 N–H and O–H groups in total. The number of sulfonamides is 1. The lowest BCUT2D eigenvalue weighted by atomic mass is 10.3. The maximum Gasteiger partial charge on any atom is 0.273 e. The monoisotopic (exact) mass is 314 g/mol. The van der Waals surface area contributed by atoms with E-state index in [1.165, 1.54) is 22.9 Å². The molecule has 0 bridgehead atoms. The van der Waals surface area contributed by atoms with Crippen LogP contribution >= 0.6 is 11.3 Å². The Morgan fingerprint density at radius 2 is 1.90 bits per heavy atom. The first-order valence-corrected chi connectivity index (χ1v) is 8.65. The van der Waals surface area contributed by atoms with Gasteiger partial charge in [-0.1, -0.05) is 6.92 Å². The van der Waals surface area contributed by atoms with Gasteiger partial charge in [-0.25, -0.2) is 13.1 Å². The number of furan rings is 1. The summed E-state index contributed by atoms with van der Waals surface area (Å²) >= 11 is 1.78. The van der Waals surface area contributed by atoms with E-state index in [1.54, 1.807) is 17.4 Å². The molecule has 7 heteroatoms. The highest BCUT2D eigenvalue weighted by molar-refractivity contribution is 7.89. The van der Waals surface area contributed by atoms with Crippen LogP contribution in [0.4, 0.5) is 0 Å². The Morgan fingerprint density at radius 3 is 2.55 bits per heavy atom. The van der Waals surface area contributed by atoms with Crippen molar-refractivity contribution in [1.82, 2.24) is 10.0 Å². The Balaban J connectivity index is 1.88. The Labute approximate surface area is 123 Å². The van der Waals surface area contributed by atoms with Crippen molar-refractivity contribution in [3.63, 3.8) is 0 Å². The topological polar surface area (TPSA) is 71.3 Å². The zero-order chi connectivity index (χ0) is 14.6. The first kappa shape index (κ1) is 15.2. The van der Waals surface area contributed by atoms with Crippen LogP contribution in [0.5, 0.6) is 0 Å². The largest absolute Gasteiger partial charge is 0.447 e. The molecule has 2 rings (SSSR count). The van der Waals surface area contributed by atoms with Gasteiger partial charge in [-0.15, -0.1) is 11.3 Å². The summed E-state index contributed by atoms with van der Waals surface area (Å²) < 4.78 is 30.6. The third-order valence-electron chi connectivity index (χ3n) is 2.83. The van der Waals surface area contributed by atoms with E-state index >= 15 is 0 Å². The molecule has 0 aliphatic rings. The van der Waals surface area contributed by atoms with Crippen molar-refractivity contribution >= 4 is 21.4 Å². The number of thiophene rings is 1. The van der Waals surface area contributed by atoms with E-state index in [-0.39, 0.29) is 5.09 Å². The summed E-state index contributed by atoms with van der Waals surface area (Å²) in [7, 11) is -2.14. The molecule has 20 heavy (non-hydrogen) atoms. The summed E-state index contributed by atoms with van der Waals surface area (Å²) in [4.78, 5) is 2.62. The van der Waals surface area contributed by atoms with Gasteiger partial charge in [0.1, 0.15) is 5.76 Å². The molecule has 2 aromatic heterocycles. The fourth-order valence-electron chi connectivity index (χ4n) is 1.71. The summed E-state index contributed by atoms with van der Waals surface area (Å²) in [6.45, 7) is 3.38. The van der Waals surface area contributed by atoms with E-state index in [4.69, 9.17) is 4.42 Å². The van der Waals surface area contributed by atoms with Gasteiger partial charge in [-0.2, -0.15) is 0 Å². The van der Waals surface area contributed by atoms with Crippen molar-refractivity contribution in [2.75, 3.05) is 7.05 Å². The van der Waals surface area contributed by atoms with Crippen LogP contribution in [0.1, 0.15) is 22.4 Å². The molecule has 0 fully saturated rings. The maximum absolute atomic E-state index is 11.5. The second-order valence-electron chi connectivity index (χ2n) is 4.25. The van der Waals surface area contributed by atoms with Crippen molar-refractivity contribution in [1.29, 1.82) is 0 Å².